The summed E-state index contributed by atoms with van der Waals surface area (Å²) < 4.78 is 40.5. The molecule has 5 nitrogen and oxygen atoms in total. The molecule has 0 bridgehead atoms. The van der Waals surface area contributed by atoms with Crippen LogP contribution in [0, 0.1) is 0 Å². The summed E-state index contributed by atoms with van der Waals surface area (Å²) in [5, 5.41) is 2.84. The number of fused-ring (bicyclic) bond motifs is 1. The first-order valence-corrected chi connectivity index (χ1v) is 7.74. The quantitative estimate of drug-likeness (QED) is 0.792. The molecule has 1 aliphatic rings. The van der Waals surface area contributed by atoms with Crippen LogP contribution in [0.2, 0.25) is 0 Å². The first-order chi connectivity index (χ1) is 11.9. The minimum atomic E-state index is -4.45. The molecule has 2 aromatic heterocycles. The third-order valence-corrected chi connectivity index (χ3v) is 4.03. The number of aromatic nitrogens is 3. The van der Waals surface area contributed by atoms with E-state index >= 15 is 0 Å². The molecule has 0 unspecified atom stereocenters. The Balaban J connectivity index is 1.84. The lowest BCUT2D eigenvalue weighted by Crippen LogP contribution is -2.27. The van der Waals surface area contributed by atoms with Crippen LogP contribution < -0.4 is 5.32 Å². The highest BCUT2D eigenvalue weighted by Gasteiger charge is 2.31. The van der Waals surface area contributed by atoms with Gasteiger partial charge in [0.05, 0.1) is 23.0 Å². The predicted molar refractivity (Wildman–Crippen MR) is 83.9 cm³/mol. The normalized spacial score (nSPS) is 14.7. The van der Waals surface area contributed by atoms with Crippen molar-refractivity contribution in [2.24, 2.45) is 0 Å². The lowest BCUT2D eigenvalue weighted by atomic mass is 10.1. The number of hydrogen-bond acceptors (Lipinski definition) is 3. The van der Waals surface area contributed by atoms with Crippen LogP contribution in [0.5, 0.6) is 0 Å². The van der Waals surface area contributed by atoms with Crippen LogP contribution in [0.1, 0.15) is 29.0 Å². The average molecular weight is 346 g/mol. The van der Waals surface area contributed by atoms with Gasteiger partial charge in [0.2, 0.25) is 5.82 Å². The second-order valence-corrected chi connectivity index (χ2v) is 5.94. The summed E-state index contributed by atoms with van der Waals surface area (Å²) >= 11 is 0. The fourth-order valence-electron chi connectivity index (χ4n) is 2.63. The van der Waals surface area contributed by atoms with E-state index in [4.69, 9.17) is 0 Å². The molecule has 128 valence electrons. The lowest BCUT2D eigenvalue weighted by molar-refractivity contribution is -0.137. The van der Waals surface area contributed by atoms with Gasteiger partial charge >= 0.3 is 6.18 Å². The van der Waals surface area contributed by atoms with Crippen LogP contribution in [-0.2, 0) is 6.18 Å². The van der Waals surface area contributed by atoms with Gasteiger partial charge in [-0.2, -0.15) is 13.2 Å². The summed E-state index contributed by atoms with van der Waals surface area (Å²) in [6.45, 7) is 0. The van der Waals surface area contributed by atoms with Crippen molar-refractivity contribution in [3.63, 3.8) is 0 Å². The average Bonchev–Trinajstić information content (AvgIpc) is 3.31. The summed E-state index contributed by atoms with van der Waals surface area (Å²) in [6.07, 6.45) is 1.96. The summed E-state index contributed by atoms with van der Waals surface area (Å²) in [7, 11) is 0. The maximum Gasteiger partial charge on any atom is 0.416 e. The molecular formula is C17H13F3N4O. The van der Waals surface area contributed by atoms with Crippen LogP contribution in [-0.4, -0.2) is 26.3 Å². The molecule has 1 N–H and O–H groups in total. The summed E-state index contributed by atoms with van der Waals surface area (Å²) in [4.78, 5) is 20.7. The fraction of sp³-hybridized carbons (Fsp3) is 0.235. The van der Waals surface area contributed by atoms with Gasteiger partial charge in [-0.3, -0.25) is 14.2 Å². The van der Waals surface area contributed by atoms with Gasteiger partial charge in [0, 0.05) is 24.0 Å². The highest BCUT2D eigenvalue weighted by atomic mass is 19.4. The third-order valence-electron chi connectivity index (χ3n) is 4.03. The molecule has 0 aliphatic heterocycles. The molecule has 1 saturated carbocycles. The Morgan fingerprint density at radius 3 is 2.80 bits per heavy atom. The van der Waals surface area contributed by atoms with Gasteiger partial charge < -0.3 is 5.32 Å². The SMILES string of the molecule is O=C(NC1CC1)c1nc(-c2cccc(C(F)(F)F)c2)c2cnccn12. The highest BCUT2D eigenvalue weighted by Crippen LogP contribution is 2.33. The number of halogens is 3. The van der Waals surface area contributed by atoms with Crippen LogP contribution >= 0.6 is 0 Å². The van der Waals surface area contributed by atoms with E-state index in [2.05, 4.69) is 15.3 Å². The van der Waals surface area contributed by atoms with Gasteiger partial charge in [-0.25, -0.2) is 4.98 Å². The predicted octanol–water partition coefficient (Wildman–Crippen LogP) is 3.31. The Labute approximate surface area is 140 Å². The fourth-order valence-corrected chi connectivity index (χ4v) is 2.63. The van der Waals surface area contributed by atoms with Crippen LogP contribution in [0.4, 0.5) is 13.2 Å². The van der Waals surface area contributed by atoms with Crippen molar-refractivity contribution in [1.29, 1.82) is 0 Å². The number of carbonyl (C=O) groups is 1. The number of hydrogen-bond donors (Lipinski definition) is 1. The molecule has 1 aliphatic carbocycles. The van der Waals surface area contributed by atoms with Crippen LogP contribution in [0.25, 0.3) is 16.8 Å². The van der Waals surface area contributed by atoms with Crippen molar-refractivity contribution >= 4 is 11.4 Å². The van der Waals surface area contributed by atoms with Gasteiger partial charge in [0.15, 0.2) is 0 Å². The van der Waals surface area contributed by atoms with Gasteiger partial charge in [-0.05, 0) is 25.0 Å². The third kappa shape index (κ3) is 2.95. The van der Waals surface area contributed by atoms with Crippen molar-refractivity contribution in [3.05, 3.63) is 54.2 Å². The Hall–Kier alpha value is -2.90. The highest BCUT2D eigenvalue weighted by molar-refractivity contribution is 5.94. The zero-order chi connectivity index (χ0) is 17.6. The van der Waals surface area contributed by atoms with Crippen molar-refractivity contribution in [2.75, 3.05) is 0 Å². The molecule has 3 aromatic rings. The van der Waals surface area contributed by atoms with Crippen molar-refractivity contribution in [2.45, 2.75) is 25.1 Å². The standard InChI is InChI=1S/C17H13F3N4O/c18-17(19,20)11-3-1-2-10(8-11)14-13-9-21-6-7-24(13)15(23-14)16(25)22-12-4-5-12/h1-3,6-9,12H,4-5H2,(H,22,25). The number of nitrogens with one attached hydrogen (secondary N) is 1. The van der Waals surface area contributed by atoms with E-state index in [0.29, 0.717) is 11.2 Å². The first-order valence-electron chi connectivity index (χ1n) is 7.74. The van der Waals surface area contributed by atoms with Gasteiger partial charge in [-0.15, -0.1) is 0 Å². The molecule has 25 heavy (non-hydrogen) atoms. The van der Waals surface area contributed by atoms with E-state index in [1.807, 2.05) is 0 Å². The smallest absolute Gasteiger partial charge is 0.347 e. The van der Waals surface area contributed by atoms with Crippen molar-refractivity contribution in [3.8, 4) is 11.3 Å². The molecule has 8 heteroatoms. The number of benzene rings is 1. The maximum atomic E-state index is 13.0. The molecule has 1 fully saturated rings. The molecular weight excluding hydrogens is 333 g/mol. The number of rotatable bonds is 3. The van der Waals surface area contributed by atoms with Crippen LogP contribution in [0.15, 0.2) is 42.9 Å². The zero-order valence-electron chi connectivity index (χ0n) is 12.9. The summed E-state index contributed by atoms with van der Waals surface area (Å²) in [5.41, 5.74) is 0.285. The largest absolute Gasteiger partial charge is 0.416 e. The minimum Gasteiger partial charge on any atom is -0.347 e. The molecule has 0 atom stereocenters. The second-order valence-electron chi connectivity index (χ2n) is 5.94. The van der Waals surface area contributed by atoms with E-state index in [-0.39, 0.29) is 23.3 Å². The molecule has 1 amide bonds. The summed E-state index contributed by atoms with van der Waals surface area (Å²) in [6, 6.07) is 5.04. The Bertz CT molecular complexity index is 960. The first kappa shape index (κ1) is 15.6. The van der Waals surface area contributed by atoms with E-state index in [0.717, 1.165) is 25.0 Å². The molecule has 0 saturated heterocycles. The zero-order valence-corrected chi connectivity index (χ0v) is 12.9. The lowest BCUT2D eigenvalue weighted by Gasteiger charge is -2.07. The second kappa shape index (κ2) is 5.58. The maximum absolute atomic E-state index is 13.0. The van der Waals surface area contributed by atoms with Crippen LogP contribution in [0.3, 0.4) is 0 Å². The molecule has 0 radical (unpaired) electrons. The van der Waals surface area contributed by atoms with E-state index in [1.165, 1.54) is 24.5 Å². The minimum absolute atomic E-state index is 0.136. The molecule has 0 spiro atoms. The van der Waals surface area contributed by atoms with Gasteiger partial charge in [-0.1, -0.05) is 12.1 Å². The Morgan fingerprint density at radius 1 is 1.28 bits per heavy atom. The molecule has 1 aromatic carbocycles. The number of nitrogens with zero attached hydrogens (tertiary/aromatic N) is 3. The van der Waals surface area contributed by atoms with Gasteiger partial charge in [0.1, 0.15) is 0 Å². The number of amides is 1. The van der Waals surface area contributed by atoms with Gasteiger partial charge in [0.25, 0.3) is 5.91 Å². The van der Waals surface area contributed by atoms with Crippen molar-refractivity contribution < 1.29 is 18.0 Å². The van der Waals surface area contributed by atoms with E-state index < -0.39 is 11.7 Å². The molecule has 4 rings (SSSR count). The molecule has 2 heterocycles. The van der Waals surface area contributed by atoms with E-state index in [9.17, 15) is 18.0 Å². The van der Waals surface area contributed by atoms with Crippen molar-refractivity contribution in [1.82, 2.24) is 19.7 Å². The monoisotopic (exact) mass is 346 g/mol. The number of alkyl halides is 3. The Morgan fingerprint density at radius 2 is 2.08 bits per heavy atom. The Kier molecular flexibility index (Phi) is 3.48. The number of imidazole rings is 1. The summed E-state index contributed by atoms with van der Waals surface area (Å²) in [5.74, 6) is -0.210. The van der Waals surface area contributed by atoms with E-state index in [1.54, 1.807) is 10.6 Å². The topological polar surface area (TPSA) is 59.3 Å². The number of carbonyl (C=O) groups excluding carboxylic acids is 1.